The monoisotopic (exact) mass is 255 g/mol. The van der Waals surface area contributed by atoms with Crippen molar-refractivity contribution in [2.75, 3.05) is 36.0 Å². The highest BCUT2D eigenvalue weighted by molar-refractivity contribution is 5.47. The number of aryl methyl sites for hydroxylation is 1. The van der Waals surface area contributed by atoms with Crippen molar-refractivity contribution in [3.63, 3.8) is 0 Å². The zero-order valence-corrected chi connectivity index (χ0v) is 11.0. The zero-order valence-electron chi connectivity index (χ0n) is 11.0. The molecule has 0 atom stereocenters. The molecular formula is C14H17N5. The second-order valence-corrected chi connectivity index (χ2v) is 4.72. The van der Waals surface area contributed by atoms with Gasteiger partial charge in [0.05, 0.1) is 17.6 Å². The lowest BCUT2D eigenvalue weighted by atomic mass is 10.2. The molecule has 2 aromatic rings. The van der Waals surface area contributed by atoms with Crippen LogP contribution in [0.5, 0.6) is 0 Å². The van der Waals surface area contributed by atoms with Crippen molar-refractivity contribution in [1.29, 1.82) is 0 Å². The van der Waals surface area contributed by atoms with Crippen molar-refractivity contribution >= 4 is 11.5 Å². The lowest BCUT2D eigenvalue weighted by Gasteiger charge is -2.36. The maximum absolute atomic E-state index is 4.24. The van der Waals surface area contributed by atoms with E-state index in [1.165, 1.54) is 5.69 Å². The summed E-state index contributed by atoms with van der Waals surface area (Å²) < 4.78 is 0. The number of anilines is 2. The third-order valence-electron chi connectivity index (χ3n) is 3.40. The fraction of sp³-hybridized carbons (Fsp3) is 0.357. The summed E-state index contributed by atoms with van der Waals surface area (Å²) >= 11 is 0. The highest BCUT2D eigenvalue weighted by Crippen LogP contribution is 2.17. The van der Waals surface area contributed by atoms with Crippen molar-refractivity contribution in [2.45, 2.75) is 6.92 Å². The first-order valence-corrected chi connectivity index (χ1v) is 6.53. The minimum absolute atomic E-state index is 0.956. The minimum Gasteiger partial charge on any atom is -0.367 e. The third kappa shape index (κ3) is 2.65. The topological polar surface area (TPSA) is 45.2 Å². The zero-order chi connectivity index (χ0) is 13.1. The molecule has 1 aliphatic rings. The minimum atomic E-state index is 0.956. The largest absolute Gasteiger partial charge is 0.367 e. The maximum Gasteiger partial charge on any atom is 0.151 e. The van der Waals surface area contributed by atoms with E-state index in [2.05, 4.69) is 31.0 Å². The Morgan fingerprint density at radius 3 is 2.37 bits per heavy atom. The van der Waals surface area contributed by atoms with Crippen LogP contribution in [-0.4, -0.2) is 41.4 Å². The van der Waals surface area contributed by atoms with E-state index in [-0.39, 0.29) is 0 Å². The molecule has 0 aliphatic carbocycles. The van der Waals surface area contributed by atoms with Crippen LogP contribution in [0.3, 0.4) is 0 Å². The van der Waals surface area contributed by atoms with Gasteiger partial charge in [-0.2, -0.15) is 5.10 Å². The van der Waals surface area contributed by atoms with Crippen molar-refractivity contribution in [2.24, 2.45) is 0 Å². The molecule has 19 heavy (non-hydrogen) atoms. The van der Waals surface area contributed by atoms with E-state index in [1.54, 1.807) is 0 Å². The Morgan fingerprint density at radius 1 is 0.947 bits per heavy atom. The highest BCUT2D eigenvalue weighted by atomic mass is 15.3. The van der Waals surface area contributed by atoms with E-state index >= 15 is 0 Å². The molecule has 2 aromatic heterocycles. The van der Waals surface area contributed by atoms with E-state index in [4.69, 9.17) is 0 Å². The number of hydrogen-bond donors (Lipinski definition) is 0. The van der Waals surface area contributed by atoms with E-state index in [0.29, 0.717) is 0 Å². The molecule has 0 bridgehead atoms. The number of nitrogens with zero attached hydrogens (tertiary/aromatic N) is 5. The second kappa shape index (κ2) is 5.22. The summed E-state index contributed by atoms with van der Waals surface area (Å²) in [5.74, 6) is 0.969. The first-order chi connectivity index (χ1) is 9.33. The molecule has 0 saturated carbocycles. The van der Waals surface area contributed by atoms with Gasteiger partial charge in [0, 0.05) is 32.4 Å². The van der Waals surface area contributed by atoms with Crippen LogP contribution in [-0.2, 0) is 0 Å². The molecule has 5 nitrogen and oxygen atoms in total. The highest BCUT2D eigenvalue weighted by Gasteiger charge is 2.18. The summed E-state index contributed by atoms with van der Waals surface area (Å²) in [5.41, 5.74) is 2.15. The molecule has 0 amide bonds. The average molecular weight is 255 g/mol. The summed E-state index contributed by atoms with van der Waals surface area (Å²) in [6, 6.07) is 8.14. The molecule has 1 aliphatic heterocycles. The van der Waals surface area contributed by atoms with Gasteiger partial charge in [-0.25, -0.2) is 0 Å². The number of hydrogen-bond acceptors (Lipinski definition) is 5. The Balaban J connectivity index is 1.65. The van der Waals surface area contributed by atoms with Gasteiger partial charge in [-0.3, -0.25) is 4.98 Å². The van der Waals surface area contributed by atoms with Crippen LogP contribution in [0, 0.1) is 6.92 Å². The fourth-order valence-corrected chi connectivity index (χ4v) is 2.30. The van der Waals surface area contributed by atoms with Crippen LogP contribution in [0.2, 0.25) is 0 Å². The van der Waals surface area contributed by atoms with E-state index in [0.717, 1.165) is 37.7 Å². The van der Waals surface area contributed by atoms with E-state index in [1.807, 2.05) is 37.5 Å². The van der Waals surface area contributed by atoms with Crippen LogP contribution < -0.4 is 9.80 Å². The van der Waals surface area contributed by atoms with Gasteiger partial charge in [-0.15, -0.1) is 5.10 Å². The average Bonchev–Trinajstić information content (AvgIpc) is 2.49. The van der Waals surface area contributed by atoms with E-state index < -0.39 is 0 Å². The van der Waals surface area contributed by atoms with Crippen LogP contribution in [0.15, 0.2) is 36.7 Å². The molecule has 3 heterocycles. The van der Waals surface area contributed by atoms with Crippen LogP contribution in [0.25, 0.3) is 0 Å². The summed E-state index contributed by atoms with van der Waals surface area (Å²) in [6.45, 7) is 5.86. The third-order valence-corrected chi connectivity index (χ3v) is 3.40. The summed E-state index contributed by atoms with van der Waals surface area (Å²) in [4.78, 5) is 8.80. The lowest BCUT2D eigenvalue weighted by molar-refractivity contribution is 0.642. The van der Waals surface area contributed by atoms with Gasteiger partial charge in [-0.1, -0.05) is 0 Å². The van der Waals surface area contributed by atoms with Gasteiger partial charge >= 0.3 is 0 Å². The fourth-order valence-electron chi connectivity index (χ4n) is 2.30. The molecule has 0 unspecified atom stereocenters. The molecule has 1 fully saturated rings. The van der Waals surface area contributed by atoms with Gasteiger partial charge in [0.1, 0.15) is 0 Å². The molecule has 0 aromatic carbocycles. The molecular weight excluding hydrogens is 238 g/mol. The summed E-state index contributed by atoms with van der Waals surface area (Å²) in [6.07, 6.45) is 3.73. The normalized spacial score (nSPS) is 15.6. The smallest absolute Gasteiger partial charge is 0.151 e. The predicted molar refractivity (Wildman–Crippen MR) is 75.4 cm³/mol. The van der Waals surface area contributed by atoms with Crippen LogP contribution >= 0.6 is 0 Å². The van der Waals surface area contributed by atoms with Gasteiger partial charge in [-0.05, 0) is 31.2 Å². The SMILES string of the molecule is Cc1ccc(N2CCN(c3cccnc3)CC2)nn1. The molecule has 3 rings (SSSR count). The van der Waals surface area contributed by atoms with Gasteiger partial charge in [0.2, 0.25) is 0 Å². The first kappa shape index (κ1) is 11.9. The van der Waals surface area contributed by atoms with Crippen molar-refractivity contribution in [3.8, 4) is 0 Å². The lowest BCUT2D eigenvalue weighted by Crippen LogP contribution is -2.46. The molecule has 0 radical (unpaired) electrons. The Kier molecular flexibility index (Phi) is 3.27. The maximum atomic E-state index is 4.24. The second-order valence-electron chi connectivity index (χ2n) is 4.72. The van der Waals surface area contributed by atoms with Crippen LogP contribution in [0.4, 0.5) is 11.5 Å². The quantitative estimate of drug-likeness (QED) is 0.814. The molecule has 98 valence electrons. The first-order valence-electron chi connectivity index (χ1n) is 6.53. The van der Waals surface area contributed by atoms with Gasteiger partial charge in [0.15, 0.2) is 5.82 Å². The molecule has 0 spiro atoms. The number of piperazine rings is 1. The van der Waals surface area contributed by atoms with Crippen molar-refractivity contribution in [3.05, 3.63) is 42.4 Å². The standard InChI is InChI=1S/C14H17N5/c1-12-4-5-14(17-16-12)19-9-7-18(8-10-19)13-3-2-6-15-11-13/h2-6,11H,7-10H2,1H3. The van der Waals surface area contributed by atoms with E-state index in [9.17, 15) is 0 Å². The Labute approximate surface area is 112 Å². The van der Waals surface area contributed by atoms with Gasteiger partial charge in [0.25, 0.3) is 0 Å². The Bertz CT molecular complexity index is 517. The predicted octanol–water partition coefficient (Wildman–Crippen LogP) is 1.51. The number of rotatable bonds is 2. The molecule has 0 N–H and O–H groups in total. The molecule has 1 saturated heterocycles. The number of aromatic nitrogens is 3. The number of pyridine rings is 1. The Morgan fingerprint density at radius 2 is 1.74 bits per heavy atom. The molecule has 5 heteroatoms. The summed E-state index contributed by atoms with van der Waals surface area (Å²) in [5, 5.41) is 8.36. The Hall–Kier alpha value is -2.17. The van der Waals surface area contributed by atoms with Gasteiger partial charge < -0.3 is 9.80 Å². The van der Waals surface area contributed by atoms with Crippen molar-refractivity contribution in [1.82, 2.24) is 15.2 Å². The van der Waals surface area contributed by atoms with Crippen molar-refractivity contribution < 1.29 is 0 Å². The van der Waals surface area contributed by atoms with Crippen LogP contribution in [0.1, 0.15) is 5.69 Å². The summed E-state index contributed by atoms with van der Waals surface area (Å²) in [7, 11) is 0.